The number of esters is 1. The number of ether oxygens (including phenoxy) is 1. The van der Waals surface area contributed by atoms with Crippen molar-refractivity contribution in [3.63, 3.8) is 0 Å². The van der Waals surface area contributed by atoms with Crippen LogP contribution in [0.1, 0.15) is 19.8 Å². The Bertz CT molecular complexity index is 162. The van der Waals surface area contributed by atoms with Crippen molar-refractivity contribution in [2.75, 3.05) is 6.61 Å². The molecule has 0 aliphatic heterocycles. The molecule has 0 aromatic rings. The van der Waals surface area contributed by atoms with E-state index in [4.69, 9.17) is 11.0 Å². The summed E-state index contributed by atoms with van der Waals surface area (Å²) >= 11 is 0. The van der Waals surface area contributed by atoms with E-state index < -0.39 is 12.0 Å². The standard InChI is InChI=1S/C7H12N2O2/c1-2-11-7(10)6(9)4-3-5-8/h6H,2-4,9H2,1H3/t6-/m0/s1. The van der Waals surface area contributed by atoms with E-state index in [9.17, 15) is 4.79 Å². The molecule has 0 amide bonds. The molecule has 11 heavy (non-hydrogen) atoms. The molecule has 0 rings (SSSR count). The molecule has 62 valence electrons. The fraction of sp³-hybridized carbons (Fsp3) is 0.714. The van der Waals surface area contributed by atoms with Gasteiger partial charge in [-0.25, -0.2) is 0 Å². The van der Waals surface area contributed by atoms with Crippen molar-refractivity contribution in [2.24, 2.45) is 5.73 Å². The summed E-state index contributed by atoms with van der Waals surface area (Å²) in [5, 5.41) is 8.17. The minimum Gasteiger partial charge on any atom is -0.465 e. The first-order valence-corrected chi connectivity index (χ1v) is 3.51. The van der Waals surface area contributed by atoms with E-state index in [0.29, 0.717) is 19.4 Å². The van der Waals surface area contributed by atoms with Gasteiger partial charge in [0.1, 0.15) is 6.04 Å². The van der Waals surface area contributed by atoms with Crippen LogP contribution < -0.4 is 5.73 Å². The van der Waals surface area contributed by atoms with Gasteiger partial charge >= 0.3 is 5.97 Å². The average Bonchev–Trinajstić information content (AvgIpc) is 2.00. The van der Waals surface area contributed by atoms with Gasteiger partial charge in [-0.05, 0) is 13.3 Å². The van der Waals surface area contributed by atoms with Gasteiger partial charge in [0.25, 0.3) is 0 Å². The Balaban J connectivity index is 3.57. The van der Waals surface area contributed by atoms with Gasteiger partial charge in [-0.2, -0.15) is 5.26 Å². The third-order valence-corrected chi connectivity index (χ3v) is 1.16. The van der Waals surface area contributed by atoms with E-state index in [1.165, 1.54) is 0 Å². The van der Waals surface area contributed by atoms with Crippen LogP contribution in [0.15, 0.2) is 0 Å². The van der Waals surface area contributed by atoms with Gasteiger partial charge in [0.2, 0.25) is 0 Å². The van der Waals surface area contributed by atoms with Crippen LogP contribution in [0.4, 0.5) is 0 Å². The number of nitrogens with zero attached hydrogens (tertiary/aromatic N) is 1. The van der Waals surface area contributed by atoms with Crippen molar-refractivity contribution >= 4 is 5.97 Å². The van der Waals surface area contributed by atoms with E-state index in [0.717, 1.165) is 0 Å². The fourth-order valence-corrected chi connectivity index (χ4v) is 0.587. The van der Waals surface area contributed by atoms with Gasteiger partial charge in [-0.1, -0.05) is 0 Å². The van der Waals surface area contributed by atoms with E-state index in [2.05, 4.69) is 4.74 Å². The zero-order valence-corrected chi connectivity index (χ0v) is 6.54. The smallest absolute Gasteiger partial charge is 0.322 e. The maximum absolute atomic E-state index is 10.8. The molecule has 0 aliphatic carbocycles. The number of nitriles is 1. The van der Waals surface area contributed by atoms with E-state index in [-0.39, 0.29) is 0 Å². The molecule has 0 spiro atoms. The van der Waals surface area contributed by atoms with Crippen molar-refractivity contribution in [2.45, 2.75) is 25.8 Å². The molecular weight excluding hydrogens is 144 g/mol. The number of hydrogen-bond donors (Lipinski definition) is 1. The molecule has 4 nitrogen and oxygen atoms in total. The molecule has 0 bridgehead atoms. The molecule has 0 aromatic heterocycles. The van der Waals surface area contributed by atoms with Crippen LogP contribution in [0.25, 0.3) is 0 Å². The van der Waals surface area contributed by atoms with Crippen LogP contribution in [-0.2, 0) is 9.53 Å². The van der Waals surface area contributed by atoms with Gasteiger partial charge < -0.3 is 10.5 Å². The van der Waals surface area contributed by atoms with Gasteiger partial charge in [-0.15, -0.1) is 0 Å². The van der Waals surface area contributed by atoms with Crippen LogP contribution in [0, 0.1) is 11.3 Å². The summed E-state index contributed by atoms with van der Waals surface area (Å²) in [6.45, 7) is 2.05. The Hall–Kier alpha value is -1.08. The van der Waals surface area contributed by atoms with Crippen LogP contribution in [-0.4, -0.2) is 18.6 Å². The van der Waals surface area contributed by atoms with E-state index in [1.54, 1.807) is 6.92 Å². The first-order valence-electron chi connectivity index (χ1n) is 3.51. The lowest BCUT2D eigenvalue weighted by molar-refractivity contribution is -0.144. The second kappa shape index (κ2) is 5.69. The third-order valence-electron chi connectivity index (χ3n) is 1.16. The molecule has 0 radical (unpaired) electrons. The molecule has 0 unspecified atom stereocenters. The molecule has 1 atom stereocenters. The number of rotatable bonds is 4. The Kier molecular flexibility index (Phi) is 5.13. The Morgan fingerprint density at radius 2 is 2.45 bits per heavy atom. The summed E-state index contributed by atoms with van der Waals surface area (Å²) in [6.07, 6.45) is 0.662. The highest BCUT2D eigenvalue weighted by atomic mass is 16.5. The minimum atomic E-state index is -0.644. The van der Waals surface area contributed by atoms with Crippen LogP contribution in [0.5, 0.6) is 0 Å². The molecule has 0 saturated carbocycles. The molecule has 2 N–H and O–H groups in total. The monoisotopic (exact) mass is 156 g/mol. The molecule has 0 saturated heterocycles. The molecule has 0 fully saturated rings. The maximum Gasteiger partial charge on any atom is 0.322 e. The summed E-state index contributed by atoms with van der Waals surface area (Å²) < 4.78 is 4.63. The number of hydrogen-bond acceptors (Lipinski definition) is 4. The van der Waals surface area contributed by atoms with Gasteiger partial charge in [0, 0.05) is 6.42 Å². The van der Waals surface area contributed by atoms with E-state index >= 15 is 0 Å². The van der Waals surface area contributed by atoms with Crippen LogP contribution >= 0.6 is 0 Å². The predicted octanol–water partition coefficient (Wildman–Crippen LogP) is 0.181. The van der Waals surface area contributed by atoms with Crippen LogP contribution in [0.2, 0.25) is 0 Å². The lowest BCUT2D eigenvalue weighted by atomic mass is 10.2. The summed E-state index contributed by atoms with van der Waals surface area (Å²) in [7, 11) is 0. The normalized spacial score (nSPS) is 11.7. The second-order valence-corrected chi connectivity index (χ2v) is 2.06. The Morgan fingerprint density at radius 1 is 1.82 bits per heavy atom. The van der Waals surface area contributed by atoms with Crippen molar-refractivity contribution in [1.82, 2.24) is 0 Å². The van der Waals surface area contributed by atoms with Gasteiger partial charge in [-0.3, -0.25) is 4.79 Å². The Morgan fingerprint density at radius 3 is 2.91 bits per heavy atom. The fourth-order valence-electron chi connectivity index (χ4n) is 0.587. The highest BCUT2D eigenvalue weighted by Gasteiger charge is 2.12. The lowest BCUT2D eigenvalue weighted by Gasteiger charge is -2.07. The first kappa shape index (κ1) is 9.92. The Labute approximate surface area is 65.9 Å². The zero-order chi connectivity index (χ0) is 8.69. The van der Waals surface area contributed by atoms with Crippen LogP contribution in [0.3, 0.4) is 0 Å². The number of nitrogens with two attached hydrogens (primary N) is 1. The SMILES string of the molecule is CCOC(=O)[C@@H](N)CCC#N. The van der Waals surface area contributed by atoms with Gasteiger partial charge in [0.15, 0.2) is 0 Å². The molecular formula is C7H12N2O2. The minimum absolute atomic E-state index is 0.292. The van der Waals surface area contributed by atoms with Crippen molar-refractivity contribution < 1.29 is 9.53 Å². The van der Waals surface area contributed by atoms with Crippen molar-refractivity contribution in [3.05, 3.63) is 0 Å². The largest absolute Gasteiger partial charge is 0.465 e. The predicted molar refractivity (Wildman–Crippen MR) is 39.5 cm³/mol. The lowest BCUT2D eigenvalue weighted by Crippen LogP contribution is -2.32. The van der Waals surface area contributed by atoms with Crippen molar-refractivity contribution in [1.29, 1.82) is 5.26 Å². The summed E-state index contributed by atoms with van der Waals surface area (Å²) in [5.41, 5.74) is 5.36. The average molecular weight is 156 g/mol. The maximum atomic E-state index is 10.8. The van der Waals surface area contributed by atoms with Crippen molar-refractivity contribution in [3.8, 4) is 6.07 Å². The molecule has 4 heteroatoms. The molecule has 0 aliphatic rings. The second-order valence-electron chi connectivity index (χ2n) is 2.06. The highest BCUT2D eigenvalue weighted by molar-refractivity contribution is 5.75. The summed E-state index contributed by atoms with van der Waals surface area (Å²) in [5.74, 6) is -0.428. The first-order chi connectivity index (χ1) is 5.22. The number of carbonyl (C=O) groups excluding carboxylic acids is 1. The number of carbonyl (C=O) groups is 1. The summed E-state index contributed by atoms with van der Waals surface area (Å²) in [4.78, 5) is 10.8. The molecule has 0 aromatic carbocycles. The molecule has 0 heterocycles. The zero-order valence-electron chi connectivity index (χ0n) is 6.54. The van der Waals surface area contributed by atoms with E-state index in [1.807, 2.05) is 6.07 Å². The van der Waals surface area contributed by atoms with Gasteiger partial charge in [0.05, 0.1) is 12.7 Å². The quantitative estimate of drug-likeness (QED) is 0.589. The third kappa shape index (κ3) is 4.34. The topological polar surface area (TPSA) is 76.1 Å². The highest BCUT2D eigenvalue weighted by Crippen LogP contribution is 1.95. The summed E-state index contributed by atoms with van der Waals surface area (Å²) in [6, 6.07) is 1.26.